The van der Waals surface area contributed by atoms with Crippen molar-refractivity contribution in [3.63, 3.8) is 0 Å². The standard InChI is InChI=1S/C8H17O4P/c1-3-4-7(2)5-8(9)6-13(10,11)12/h7H,3-6H2,1-2H3,(H2,10,11,12)/t7-/m0/s1. The van der Waals surface area contributed by atoms with Gasteiger partial charge in [-0.25, -0.2) is 0 Å². The van der Waals surface area contributed by atoms with E-state index >= 15 is 0 Å². The summed E-state index contributed by atoms with van der Waals surface area (Å²) in [5, 5.41) is 0. The minimum Gasteiger partial charge on any atom is -0.324 e. The average Bonchev–Trinajstić information content (AvgIpc) is 1.81. The molecule has 13 heavy (non-hydrogen) atoms. The molecule has 0 fully saturated rings. The molecule has 78 valence electrons. The lowest BCUT2D eigenvalue weighted by Crippen LogP contribution is -2.10. The summed E-state index contributed by atoms with van der Waals surface area (Å²) in [5.41, 5.74) is 0. The summed E-state index contributed by atoms with van der Waals surface area (Å²) in [5.74, 6) is -0.113. The van der Waals surface area contributed by atoms with E-state index in [1.807, 2.05) is 13.8 Å². The maximum absolute atomic E-state index is 11.1. The minimum absolute atomic E-state index is 0.226. The van der Waals surface area contributed by atoms with Crippen LogP contribution in [0.3, 0.4) is 0 Å². The molecule has 0 unspecified atom stereocenters. The monoisotopic (exact) mass is 208 g/mol. The van der Waals surface area contributed by atoms with Gasteiger partial charge in [-0.3, -0.25) is 9.36 Å². The second kappa shape index (κ2) is 5.53. The summed E-state index contributed by atoms with van der Waals surface area (Å²) < 4.78 is 10.5. The summed E-state index contributed by atoms with van der Waals surface area (Å²) in [6.45, 7) is 3.94. The Balaban J connectivity index is 3.81. The molecule has 0 amide bonds. The molecule has 0 saturated carbocycles. The minimum atomic E-state index is -4.15. The Morgan fingerprint density at radius 1 is 1.46 bits per heavy atom. The van der Waals surface area contributed by atoms with Gasteiger partial charge in [-0.1, -0.05) is 26.7 Å². The zero-order valence-corrected chi connectivity index (χ0v) is 8.96. The molecular formula is C8H17O4P. The van der Waals surface area contributed by atoms with Gasteiger partial charge < -0.3 is 9.79 Å². The third-order valence-corrected chi connectivity index (χ3v) is 2.50. The number of hydrogen-bond acceptors (Lipinski definition) is 2. The van der Waals surface area contributed by atoms with E-state index in [-0.39, 0.29) is 18.1 Å². The zero-order chi connectivity index (χ0) is 10.5. The van der Waals surface area contributed by atoms with Gasteiger partial charge in [0.1, 0.15) is 11.9 Å². The largest absolute Gasteiger partial charge is 0.332 e. The van der Waals surface area contributed by atoms with E-state index in [1.54, 1.807) is 0 Å². The molecule has 0 spiro atoms. The molecular weight excluding hydrogens is 191 g/mol. The van der Waals surface area contributed by atoms with Crippen LogP contribution in [0.2, 0.25) is 0 Å². The third-order valence-electron chi connectivity index (χ3n) is 1.74. The van der Waals surface area contributed by atoms with Gasteiger partial charge in [0.15, 0.2) is 0 Å². The highest BCUT2D eigenvalue weighted by Gasteiger charge is 2.20. The van der Waals surface area contributed by atoms with E-state index in [9.17, 15) is 9.36 Å². The number of carbonyl (C=O) groups is 1. The van der Waals surface area contributed by atoms with Gasteiger partial charge in [-0.15, -0.1) is 0 Å². The van der Waals surface area contributed by atoms with Gasteiger partial charge in [0.05, 0.1) is 0 Å². The van der Waals surface area contributed by atoms with E-state index < -0.39 is 13.8 Å². The van der Waals surface area contributed by atoms with Crippen LogP contribution in [0.25, 0.3) is 0 Å². The molecule has 0 aliphatic heterocycles. The maximum Gasteiger partial charge on any atom is 0.332 e. The van der Waals surface area contributed by atoms with Crippen LogP contribution in [0.15, 0.2) is 0 Å². The molecule has 0 rings (SSSR count). The van der Waals surface area contributed by atoms with Crippen LogP contribution in [0, 0.1) is 5.92 Å². The number of carbonyl (C=O) groups excluding carboxylic acids is 1. The fourth-order valence-corrected chi connectivity index (χ4v) is 1.87. The summed E-state index contributed by atoms with van der Waals surface area (Å²) >= 11 is 0. The first-order valence-electron chi connectivity index (χ1n) is 4.41. The lowest BCUT2D eigenvalue weighted by atomic mass is 10.0. The molecule has 0 aliphatic carbocycles. The van der Waals surface area contributed by atoms with Crippen molar-refractivity contribution < 1.29 is 19.1 Å². The Bertz CT molecular complexity index is 208. The van der Waals surface area contributed by atoms with Crippen LogP contribution in [-0.2, 0) is 9.36 Å². The van der Waals surface area contributed by atoms with Crippen molar-refractivity contribution in [2.75, 3.05) is 6.16 Å². The molecule has 0 radical (unpaired) electrons. The van der Waals surface area contributed by atoms with Gasteiger partial charge in [-0.05, 0) is 5.92 Å². The van der Waals surface area contributed by atoms with Crippen LogP contribution in [0.5, 0.6) is 0 Å². The Morgan fingerprint density at radius 3 is 2.38 bits per heavy atom. The van der Waals surface area contributed by atoms with E-state index in [2.05, 4.69) is 0 Å². The zero-order valence-electron chi connectivity index (χ0n) is 8.06. The first-order valence-corrected chi connectivity index (χ1v) is 6.21. The van der Waals surface area contributed by atoms with Gasteiger partial charge in [0.25, 0.3) is 0 Å². The highest BCUT2D eigenvalue weighted by atomic mass is 31.2. The van der Waals surface area contributed by atoms with Crippen molar-refractivity contribution in [2.24, 2.45) is 5.92 Å². The second-order valence-corrected chi connectivity index (χ2v) is 5.11. The van der Waals surface area contributed by atoms with Crippen molar-refractivity contribution in [3.05, 3.63) is 0 Å². The Morgan fingerprint density at radius 2 is 2.00 bits per heavy atom. The first kappa shape index (κ1) is 12.8. The molecule has 0 saturated heterocycles. The predicted molar refractivity (Wildman–Crippen MR) is 50.6 cm³/mol. The van der Waals surface area contributed by atoms with Crippen molar-refractivity contribution in [1.82, 2.24) is 0 Å². The molecule has 5 heteroatoms. The molecule has 2 N–H and O–H groups in total. The summed E-state index contributed by atoms with van der Waals surface area (Å²) in [6.07, 6.45) is 1.58. The maximum atomic E-state index is 11.1. The summed E-state index contributed by atoms with van der Waals surface area (Å²) in [7, 11) is -4.15. The van der Waals surface area contributed by atoms with E-state index in [1.165, 1.54) is 0 Å². The SMILES string of the molecule is CCC[C@H](C)CC(=O)CP(=O)(O)O. The lowest BCUT2D eigenvalue weighted by molar-refractivity contribution is -0.117. The third kappa shape index (κ3) is 8.16. The summed E-state index contributed by atoms with van der Waals surface area (Å²) in [4.78, 5) is 28.1. The fourth-order valence-electron chi connectivity index (χ4n) is 1.28. The van der Waals surface area contributed by atoms with Crippen molar-refractivity contribution >= 4 is 13.4 Å². The molecule has 0 heterocycles. The highest BCUT2D eigenvalue weighted by molar-refractivity contribution is 7.52. The lowest BCUT2D eigenvalue weighted by Gasteiger charge is -2.08. The number of Topliss-reactive ketones (excluding diaryl/α,β-unsaturated/α-hetero) is 1. The molecule has 4 nitrogen and oxygen atoms in total. The van der Waals surface area contributed by atoms with E-state index in [0.29, 0.717) is 0 Å². The molecule has 0 aromatic carbocycles. The van der Waals surface area contributed by atoms with Crippen LogP contribution in [-0.4, -0.2) is 21.7 Å². The fraction of sp³-hybridized carbons (Fsp3) is 0.875. The Labute approximate surface area is 78.5 Å². The van der Waals surface area contributed by atoms with Crippen LogP contribution < -0.4 is 0 Å². The first-order chi connectivity index (χ1) is 5.85. The van der Waals surface area contributed by atoms with Crippen LogP contribution in [0.4, 0.5) is 0 Å². The second-order valence-electron chi connectivity index (χ2n) is 3.46. The molecule has 0 aliphatic rings. The van der Waals surface area contributed by atoms with Gasteiger partial charge in [-0.2, -0.15) is 0 Å². The van der Waals surface area contributed by atoms with Gasteiger partial charge >= 0.3 is 7.60 Å². The number of ketones is 1. The molecule has 0 bridgehead atoms. The van der Waals surface area contributed by atoms with E-state index in [4.69, 9.17) is 9.79 Å². The quantitative estimate of drug-likeness (QED) is 0.649. The molecule has 0 aromatic heterocycles. The average molecular weight is 208 g/mol. The predicted octanol–water partition coefficient (Wildman–Crippen LogP) is 1.56. The van der Waals surface area contributed by atoms with Gasteiger partial charge in [0, 0.05) is 6.42 Å². The van der Waals surface area contributed by atoms with Crippen LogP contribution in [0.1, 0.15) is 33.1 Å². The van der Waals surface area contributed by atoms with Crippen LogP contribution >= 0.6 is 7.60 Å². The van der Waals surface area contributed by atoms with Crippen molar-refractivity contribution in [2.45, 2.75) is 33.1 Å². The van der Waals surface area contributed by atoms with Crippen molar-refractivity contribution in [3.8, 4) is 0 Å². The Kier molecular flexibility index (Phi) is 5.45. The topological polar surface area (TPSA) is 74.6 Å². The highest BCUT2D eigenvalue weighted by Crippen LogP contribution is 2.34. The van der Waals surface area contributed by atoms with Crippen molar-refractivity contribution in [1.29, 1.82) is 0 Å². The smallest absolute Gasteiger partial charge is 0.324 e. The molecule has 1 atom stereocenters. The van der Waals surface area contributed by atoms with E-state index in [0.717, 1.165) is 12.8 Å². The number of rotatable bonds is 6. The Hall–Kier alpha value is -0.180. The molecule has 0 aromatic rings. The van der Waals surface area contributed by atoms with Gasteiger partial charge in [0.2, 0.25) is 0 Å². The summed E-state index contributed by atoms with van der Waals surface area (Å²) in [6, 6.07) is 0. The normalized spacial score (nSPS) is 14.2. The number of hydrogen-bond donors (Lipinski definition) is 2.